The highest BCUT2D eigenvalue weighted by atomic mass is 79.9. The van der Waals surface area contributed by atoms with Gasteiger partial charge in [0.2, 0.25) is 15.9 Å². The number of nitrogens with one attached hydrogen (secondary N) is 1. The zero-order valence-electron chi connectivity index (χ0n) is 15.1. The fourth-order valence-corrected chi connectivity index (χ4v) is 5.12. The summed E-state index contributed by atoms with van der Waals surface area (Å²) in [6.07, 6.45) is 1.29. The third-order valence-electron chi connectivity index (χ3n) is 4.40. The smallest absolute Gasteiger partial charge is 0.236 e. The molecule has 0 saturated carbocycles. The van der Waals surface area contributed by atoms with Crippen LogP contribution in [0.2, 0.25) is 0 Å². The van der Waals surface area contributed by atoms with Crippen molar-refractivity contribution in [2.75, 3.05) is 16.2 Å². The van der Waals surface area contributed by atoms with E-state index < -0.39 is 27.4 Å². The summed E-state index contributed by atoms with van der Waals surface area (Å²) in [7, 11) is -3.85. The number of carbonyl (C=O) groups excluding carboxylic acids is 1. The van der Waals surface area contributed by atoms with Gasteiger partial charge in [-0.25, -0.2) is 17.2 Å². The second-order valence-electron chi connectivity index (χ2n) is 6.61. The molecular weight excluding hydrogens is 454 g/mol. The number of nitrogens with zero attached hydrogens (tertiary/aromatic N) is 1. The zero-order valence-corrected chi connectivity index (χ0v) is 17.5. The van der Waals surface area contributed by atoms with Crippen LogP contribution in [0.25, 0.3) is 0 Å². The number of benzene rings is 2. The molecule has 0 aliphatic carbocycles. The fourth-order valence-electron chi connectivity index (χ4n) is 3.23. The van der Waals surface area contributed by atoms with Crippen molar-refractivity contribution in [1.29, 1.82) is 0 Å². The number of hydrogen-bond donors (Lipinski definition) is 1. The summed E-state index contributed by atoms with van der Waals surface area (Å²) in [4.78, 5) is 13.5. The number of hydrogen-bond acceptors (Lipinski definition) is 3. The summed E-state index contributed by atoms with van der Waals surface area (Å²) in [5.74, 6) is -1.65. The van der Waals surface area contributed by atoms with Gasteiger partial charge in [-0.3, -0.25) is 9.52 Å². The van der Waals surface area contributed by atoms with E-state index in [0.717, 1.165) is 6.07 Å². The molecule has 28 heavy (non-hydrogen) atoms. The lowest BCUT2D eigenvalue weighted by Gasteiger charge is -2.30. The van der Waals surface area contributed by atoms with Crippen LogP contribution < -0.4 is 9.62 Å². The lowest BCUT2D eigenvalue weighted by Crippen LogP contribution is -2.36. The molecule has 2 aromatic rings. The van der Waals surface area contributed by atoms with Crippen LogP contribution >= 0.6 is 15.9 Å². The van der Waals surface area contributed by atoms with E-state index >= 15 is 0 Å². The summed E-state index contributed by atoms with van der Waals surface area (Å²) in [6, 6.07) is 6.37. The number of rotatable bonds is 6. The molecule has 150 valence electrons. The number of amides is 1. The van der Waals surface area contributed by atoms with E-state index in [9.17, 15) is 22.0 Å². The maximum absolute atomic E-state index is 14.7. The average molecular weight is 473 g/mol. The van der Waals surface area contributed by atoms with Crippen molar-refractivity contribution in [3.05, 3.63) is 57.6 Å². The first-order chi connectivity index (χ1) is 13.2. The van der Waals surface area contributed by atoms with Gasteiger partial charge in [0.25, 0.3) is 0 Å². The molecule has 2 aromatic carbocycles. The largest absolute Gasteiger partial charge is 0.309 e. The molecule has 1 amide bonds. The Kier molecular flexibility index (Phi) is 6.04. The van der Waals surface area contributed by atoms with E-state index in [-0.39, 0.29) is 23.7 Å². The Balaban J connectivity index is 1.86. The molecule has 5 nitrogen and oxygen atoms in total. The van der Waals surface area contributed by atoms with E-state index in [1.54, 1.807) is 6.07 Å². The van der Waals surface area contributed by atoms with Crippen LogP contribution in [-0.4, -0.2) is 20.9 Å². The van der Waals surface area contributed by atoms with Gasteiger partial charge in [0, 0.05) is 23.5 Å². The summed E-state index contributed by atoms with van der Waals surface area (Å²) in [5.41, 5.74) is 1.29. The summed E-state index contributed by atoms with van der Waals surface area (Å²) < 4.78 is 55.6. The monoisotopic (exact) mass is 472 g/mol. The molecule has 0 aromatic heterocycles. The molecule has 3 rings (SSSR count). The lowest BCUT2D eigenvalue weighted by atomic mass is 10.00. The molecule has 0 fully saturated rings. The highest BCUT2D eigenvalue weighted by molar-refractivity contribution is 9.10. The standard InChI is InChI=1S/C19H19BrF2N2O3S/c1-2-7-24-18(25)6-4-12-8-15(10-17(22)19(12)24)23-28(26,27)11-13-3-5-14(21)9-16(13)20/h3,5,8-10,23H,2,4,6-7,11H2,1H3. The van der Waals surface area contributed by atoms with Gasteiger partial charge in [0.1, 0.15) is 11.6 Å². The van der Waals surface area contributed by atoms with Crippen molar-refractivity contribution in [3.63, 3.8) is 0 Å². The van der Waals surface area contributed by atoms with Gasteiger partial charge >= 0.3 is 0 Å². The maximum atomic E-state index is 14.7. The Hall–Kier alpha value is -2.00. The molecule has 1 aliphatic heterocycles. The predicted octanol–water partition coefficient (Wildman–Crippen LogP) is 4.36. The minimum atomic E-state index is -3.85. The van der Waals surface area contributed by atoms with Gasteiger partial charge in [-0.15, -0.1) is 0 Å². The van der Waals surface area contributed by atoms with Crippen molar-refractivity contribution in [2.24, 2.45) is 0 Å². The molecule has 0 spiro atoms. The van der Waals surface area contributed by atoms with Crippen LogP contribution in [0.5, 0.6) is 0 Å². The van der Waals surface area contributed by atoms with Gasteiger partial charge in [-0.2, -0.15) is 0 Å². The summed E-state index contributed by atoms with van der Waals surface area (Å²) in [6.45, 7) is 2.31. The van der Waals surface area contributed by atoms with Crippen molar-refractivity contribution in [1.82, 2.24) is 0 Å². The number of halogens is 3. The van der Waals surface area contributed by atoms with Gasteiger partial charge < -0.3 is 4.90 Å². The Morgan fingerprint density at radius 1 is 1.18 bits per heavy atom. The normalized spacial score (nSPS) is 14.1. The third-order valence-corrected chi connectivity index (χ3v) is 6.38. The van der Waals surface area contributed by atoms with Gasteiger partial charge in [-0.1, -0.05) is 28.9 Å². The summed E-state index contributed by atoms with van der Waals surface area (Å²) >= 11 is 3.14. The lowest BCUT2D eigenvalue weighted by molar-refractivity contribution is -0.118. The predicted molar refractivity (Wildman–Crippen MR) is 108 cm³/mol. The van der Waals surface area contributed by atoms with Crippen molar-refractivity contribution < 1.29 is 22.0 Å². The van der Waals surface area contributed by atoms with Crippen LogP contribution in [0.3, 0.4) is 0 Å². The van der Waals surface area contributed by atoms with Gasteiger partial charge in [-0.05, 0) is 42.2 Å². The summed E-state index contributed by atoms with van der Waals surface area (Å²) in [5, 5.41) is 0. The molecular formula is C19H19BrF2N2O3S. The van der Waals surface area contributed by atoms with Gasteiger partial charge in [0.05, 0.1) is 17.1 Å². The first kappa shape index (κ1) is 20.7. The number of sulfonamides is 1. The number of fused-ring (bicyclic) bond motifs is 1. The van der Waals surface area contributed by atoms with Crippen LogP contribution in [-0.2, 0) is 27.0 Å². The van der Waals surface area contributed by atoms with Crippen molar-refractivity contribution in [3.8, 4) is 0 Å². The Bertz CT molecular complexity index is 1030. The molecule has 0 saturated heterocycles. The van der Waals surface area contributed by atoms with Crippen LogP contribution in [0.15, 0.2) is 34.8 Å². The third kappa shape index (κ3) is 4.52. The topological polar surface area (TPSA) is 66.5 Å². The van der Waals surface area contributed by atoms with Crippen molar-refractivity contribution >= 4 is 43.2 Å². The van der Waals surface area contributed by atoms with Crippen LogP contribution in [0.1, 0.15) is 30.9 Å². The number of aryl methyl sites for hydroxylation is 1. The van der Waals surface area contributed by atoms with E-state index in [2.05, 4.69) is 20.7 Å². The highest BCUT2D eigenvalue weighted by Gasteiger charge is 2.27. The van der Waals surface area contributed by atoms with Gasteiger partial charge in [0.15, 0.2) is 0 Å². The first-order valence-electron chi connectivity index (χ1n) is 8.77. The number of carbonyl (C=O) groups is 1. The van der Waals surface area contributed by atoms with E-state index in [0.29, 0.717) is 35.0 Å². The van der Waals surface area contributed by atoms with Crippen LogP contribution in [0.4, 0.5) is 20.2 Å². The SMILES string of the molecule is CCCN1C(=O)CCc2cc(NS(=O)(=O)Cc3ccc(F)cc3Br)cc(F)c21. The minimum absolute atomic E-state index is 0.0975. The molecule has 0 bridgehead atoms. The highest BCUT2D eigenvalue weighted by Crippen LogP contribution is 2.34. The van der Waals surface area contributed by atoms with Crippen molar-refractivity contribution in [2.45, 2.75) is 31.9 Å². The zero-order chi connectivity index (χ0) is 20.5. The molecule has 0 radical (unpaired) electrons. The number of anilines is 2. The minimum Gasteiger partial charge on any atom is -0.309 e. The Labute approximate surface area is 170 Å². The molecule has 1 N–H and O–H groups in total. The first-order valence-corrected chi connectivity index (χ1v) is 11.2. The molecule has 1 aliphatic rings. The fraction of sp³-hybridized carbons (Fsp3) is 0.316. The molecule has 9 heteroatoms. The average Bonchev–Trinajstić information content (AvgIpc) is 2.59. The van der Waals surface area contributed by atoms with E-state index in [4.69, 9.17) is 0 Å². The maximum Gasteiger partial charge on any atom is 0.236 e. The Morgan fingerprint density at radius 3 is 2.61 bits per heavy atom. The second-order valence-corrected chi connectivity index (χ2v) is 9.18. The molecule has 0 unspecified atom stereocenters. The quantitative estimate of drug-likeness (QED) is 0.678. The molecule has 0 atom stereocenters. The molecule has 1 heterocycles. The van der Waals surface area contributed by atoms with E-state index in [1.807, 2.05) is 6.92 Å². The van der Waals surface area contributed by atoms with E-state index in [1.165, 1.54) is 23.1 Å². The van der Waals surface area contributed by atoms with Crippen LogP contribution in [0, 0.1) is 11.6 Å². The second kappa shape index (κ2) is 8.16. The Morgan fingerprint density at radius 2 is 1.93 bits per heavy atom.